The summed E-state index contributed by atoms with van der Waals surface area (Å²) in [5, 5.41) is 7.23. The van der Waals surface area contributed by atoms with E-state index in [-0.39, 0.29) is 12.5 Å². The summed E-state index contributed by atoms with van der Waals surface area (Å²) in [6.07, 6.45) is 0. The molecular weight excluding hydrogens is 290 g/mol. The molecule has 0 aliphatic rings. The maximum absolute atomic E-state index is 11.1. The van der Waals surface area contributed by atoms with Gasteiger partial charge in [-0.2, -0.15) is 11.3 Å². The molecule has 2 N–H and O–H groups in total. The van der Waals surface area contributed by atoms with Gasteiger partial charge in [-0.05, 0) is 17.4 Å². The molecule has 2 heterocycles. The van der Waals surface area contributed by atoms with E-state index in [1.165, 1.54) is 0 Å². The molecule has 0 unspecified atom stereocenters. The van der Waals surface area contributed by atoms with E-state index in [0.717, 1.165) is 22.8 Å². The number of thiazole rings is 1. The number of primary amides is 1. The SMILES string of the molecule is CC(C)CN(CC(N)=O)Cc1csc(-c2ccsc2)n1. The third-order valence-corrected chi connectivity index (χ3v) is 4.33. The molecule has 4 nitrogen and oxygen atoms in total. The summed E-state index contributed by atoms with van der Waals surface area (Å²) >= 11 is 3.31. The molecule has 0 aliphatic carbocycles. The second-order valence-corrected chi connectivity index (χ2v) is 6.82. The predicted molar refractivity (Wildman–Crippen MR) is 84.7 cm³/mol. The van der Waals surface area contributed by atoms with Crippen LogP contribution < -0.4 is 5.73 Å². The third kappa shape index (κ3) is 4.40. The minimum Gasteiger partial charge on any atom is -0.369 e. The van der Waals surface area contributed by atoms with Crippen LogP contribution in [0.3, 0.4) is 0 Å². The van der Waals surface area contributed by atoms with Crippen LogP contribution >= 0.6 is 22.7 Å². The van der Waals surface area contributed by atoms with Gasteiger partial charge in [0.1, 0.15) is 5.01 Å². The standard InChI is InChI=1S/C14H19N3OS2/c1-10(2)5-17(7-13(15)18)6-12-9-20-14(16-12)11-3-4-19-8-11/h3-4,8-10H,5-7H2,1-2H3,(H2,15,18). The highest BCUT2D eigenvalue weighted by Gasteiger charge is 2.13. The monoisotopic (exact) mass is 309 g/mol. The molecule has 0 fully saturated rings. The summed E-state index contributed by atoms with van der Waals surface area (Å²) in [7, 11) is 0. The zero-order chi connectivity index (χ0) is 14.5. The summed E-state index contributed by atoms with van der Waals surface area (Å²) in [6, 6.07) is 2.07. The molecule has 0 aromatic carbocycles. The van der Waals surface area contributed by atoms with Gasteiger partial charge in [0.2, 0.25) is 5.91 Å². The maximum atomic E-state index is 11.1. The number of thiophene rings is 1. The van der Waals surface area contributed by atoms with Crippen molar-refractivity contribution in [3.8, 4) is 10.6 Å². The second kappa shape index (κ2) is 6.97. The number of rotatable bonds is 7. The van der Waals surface area contributed by atoms with Crippen LogP contribution in [0.1, 0.15) is 19.5 Å². The summed E-state index contributed by atoms with van der Waals surface area (Å²) in [5.41, 5.74) is 7.47. The zero-order valence-electron chi connectivity index (χ0n) is 11.7. The fourth-order valence-electron chi connectivity index (χ4n) is 2.05. The van der Waals surface area contributed by atoms with Crippen molar-refractivity contribution in [2.75, 3.05) is 13.1 Å². The van der Waals surface area contributed by atoms with Gasteiger partial charge in [0.15, 0.2) is 0 Å². The van der Waals surface area contributed by atoms with Crippen molar-refractivity contribution in [2.45, 2.75) is 20.4 Å². The van der Waals surface area contributed by atoms with E-state index < -0.39 is 0 Å². The molecule has 0 spiro atoms. The van der Waals surface area contributed by atoms with Crippen molar-refractivity contribution >= 4 is 28.6 Å². The van der Waals surface area contributed by atoms with Crippen LogP contribution in [-0.4, -0.2) is 28.9 Å². The van der Waals surface area contributed by atoms with E-state index in [0.29, 0.717) is 12.5 Å². The molecule has 108 valence electrons. The first-order valence-electron chi connectivity index (χ1n) is 6.52. The number of amides is 1. The van der Waals surface area contributed by atoms with E-state index in [4.69, 9.17) is 5.73 Å². The fourth-order valence-corrected chi connectivity index (χ4v) is 3.57. The minimum atomic E-state index is -0.293. The first-order chi connectivity index (χ1) is 9.54. The van der Waals surface area contributed by atoms with Crippen LogP contribution in [-0.2, 0) is 11.3 Å². The Hall–Kier alpha value is -1.24. The molecule has 0 saturated heterocycles. The van der Waals surface area contributed by atoms with Crippen molar-refractivity contribution in [1.82, 2.24) is 9.88 Å². The van der Waals surface area contributed by atoms with E-state index in [1.54, 1.807) is 22.7 Å². The molecule has 0 bridgehead atoms. The first-order valence-corrected chi connectivity index (χ1v) is 8.34. The molecule has 2 aromatic rings. The van der Waals surface area contributed by atoms with Crippen LogP contribution in [0.4, 0.5) is 0 Å². The number of carbonyl (C=O) groups excluding carboxylic acids is 1. The van der Waals surface area contributed by atoms with Gasteiger partial charge in [-0.1, -0.05) is 13.8 Å². The molecule has 0 saturated carbocycles. The molecule has 0 atom stereocenters. The van der Waals surface area contributed by atoms with Gasteiger partial charge >= 0.3 is 0 Å². The smallest absolute Gasteiger partial charge is 0.231 e. The van der Waals surface area contributed by atoms with E-state index >= 15 is 0 Å². The average Bonchev–Trinajstić information content (AvgIpc) is 2.95. The predicted octanol–water partition coefficient (Wildman–Crippen LogP) is 2.81. The van der Waals surface area contributed by atoms with Gasteiger partial charge in [0.05, 0.1) is 12.2 Å². The van der Waals surface area contributed by atoms with Crippen LogP contribution in [0.15, 0.2) is 22.2 Å². The van der Waals surface area contributed by atoms with Crippen molar-refractivity contribution in [3.63, 3.8) is 0 Å². The van der Waals surface area contributed by atoms with E-state index in [9.17, 15) is 4.79 Å². The van der Waals surface area contributed by atoms with Gasteiger partial charge < -0.3 is 5.73 Å². The van der Waals surface area contributed by atoms with Crippen LogP contribution in [0, 0.1) is 5.92 Å². The molecule has 6 heteroatoms. The van der Waals surface area contributed by atoms with Gasteiger partial charge in [-0.3, -0.25) is 9.69 Å². The van der Waals surface area contributed by atoms with Crippen LogP contribution in [0.2, 0.25) is 0 Å². The van der Waals surface area contributed by atoms with Gasteiger partial charge in [0.25, 0.3) is 0 Å². The molecular formula is C14H19N3OS2. The quantitative estimate of drug-likeness (QED) is 0.855. The summed E-state index contributed by atoms with van der Waals surface area (Å²) in [6.45, 7) is 6.05. The largest absolute Gasteiger partial charge is 0.369 e. The topological polar surface area (TPSA) is 59.2 Å². The van der Waals surface area contributed by atoms with Gasteiger partial charge in [0, 0.05) is 29.4 Å². The Balaban J connectivity index is 2.04. The Kier molecular flexibility index (Phi) is 5.28. The van der Waals surface area contributed by atoms with Crippen LogP contribution in [0.25, 0.3) is 10.6 Å². The van der Waals surface area contributed by atoms with Gasteiger partial charge in [-0.25, -0.2) is 4.98 Å². The Morgan fingerprint density at radius 3 is 2.85 bits per heavy atom. The third-order valence-electron chi connectivity index (χ3n) is 2.71. The number of carbonyl (C=O) groups is 1. The Labute approximate surface area is 127 Å². The highest BCUT2D eigenvalue weighted by molar-refractivity contribution is 7.14. The van der Waals surface area contributed by atoms with Crippen molar-refractivity contribution in [1.29, 1.82) is 0 Å². The lowest BCUT2D eigenvalue weighted by Crippen LogP contribution is -2.35. The number of aromatic nitrogens is 1. The normalized spacial score (nSPS) is 11.4. The Bertz CT molecular complexity index is 549. The Morgan fingerprint density at radius 2 is 2.25 bits per heavy atom. The molecule has 20 heavy (non-hydrogen) atoms. The van der Waals surface area contributed by atoms with Gasteiger partial charge in [-0.15, -0.1) is 11.3 Å². The molecule has 2 rings (SSSR count). The zero-order valence-corrected chi connectivity index (χ0v) is 13.3. The molecule has 0 radical (unpaired) electrons. The van der Waals surface area contributed by atoms with E-state index in [1.807, 2.05) is 0 Å². The highest BCUT2D eigenvalue weighted by atomic mass is 32.1. The number of hydrogen-bond acceptors (Lipinski definition) is 5. The molecule has 1 amide bonds. The lowest BCUT2D eigenvalue weighted by atomic mass is 10.2. The number of hydrogen-bond donors (Lipinski definition) is 1. The summed E-state index contributed by atoms with van der Waals surface area (Å²) < 4.78 is 0. The van der Waals surface area contributed by atoms with Crippen LogP contribution in [0.5, 0.6) is 0 Å². The molecule has 0 aliphatic heterocycles. The lowest BCUT2D eigenvalue weighted by Gasteiger charge is -2.21. The summed E-state index contributed by atoms with van der Waals surface area (Å²) in [4.78, 5) is 17.8. The fraction of sp³-hybridized carbons (Fsp3) is 0.429. The first kappa shape index (κ1) is 15.2. The number of nitrogens with zero attached hydrogens (tertiary/aromatic N) is 2. The van der Waals surface area contributed by atoms with Crippen molar-refractivity contribution < 1.29 is 4.79 Å². The highest BCUT2D eigenvalue weighted by Crippen LogP contribution is 2.26. The van der Waals surface area contributed by atoms with Crippen molar-refractivity contribution in [3.05, 3.63) is 27.9 Å². The molecule has 2 aromatic heterocycles. The van der Waals surface area contributed by atoms with E-state index in [2.05, 4.69) is 45.9 Å². The summed E-state index contributed by atoms with van der Waals surface area (Å²) in [5.74, 6) is 0.197. The second-order valence-electron chi connectivity index (χ2n) is 5.19. The lowest BCUT2D eigenvalue weighted by molar-refractivity contribution is -0.119. The number of nitrogens with two attached hydrogens (primary N) is 1. The van der Waals surface area contributed by atoms with Crippen molar-refractivity contribution in [2.24, 2.45) is 11.7 Å². The average molecular weight is 309 g/mol. The Morgan fingerprint density at radius 1 is 1.45 bits per heavy atom. The minimum absolute atomic E-state index is 0.281. The maximum Gasteiger partial charge on any atom is 0.231 e.